The summed E-state index contributed by atoms with van der Waals surface area (Å²) >= 11 is 0. The zero-order valence-corrected chi connectivity index (χ0v) is 15.4. The molecule has 0 saturated carbocycles. The molecule has 1 amide bonds. The van der Waals surface area contributed by atoms with Crippen molar-refractivity contribution in [3.8, 4) is 17.6 Å². The second-order valence-corrected chi connectivity index (χ2v) is 5.76. The minimum Gasteiger partial charge on any atom is -0.497 e. The van der Waals surface area contributed by atoms with E-state index in [0.717, 1.165) is 5.69 Å². The number of nitrogens with zero attached hydrogens (tertiary/aromatic N) is 2. The van der Waals surface area contributed by atoms with Gasteiger partial charge in [0.05, 0.1) is 31.5 Å². The van der Waals surface area contributed by atoms with Crippen LogP contribution in [0.5, 0.6) is 11.5 Å². The number of carbonyl (C=O) groups is 1. The lowest BCUT2D eigenvalue weighted by molar-refractivity contribution is 0.102. The molecule has 140 valence electrons. The van der Waals surface area contributed by atoms with Crippen molar-refractivity contribution in [3.05, 3.63) is 71.9 Å². The number of pyridine rings is 1. The third-order valence-corrected chi connectivity index (χ3v) is 3.97. The second kappa shape index (κ2) is 8.56. The van der Waals surface area contributed by atoms with Gasteiger partial charge in [0, 0.05) is 23.5 Å². The summed E-state index contributed by atoms with van der Waals surface area (Å²) in [5.74, 6) is 1.35. The first-order valence-electron chi connectivity index (χ1n) is 8.39. The highest BCUT2D eigenvalue weighted by atomic mass is 16.5. The third-order valence-electron chi connectivity index (χ3n) is 3.97. The molecule has 0 saturated heterocycles. The van der Waals surface area contributed by atoms with E-state index in [4.69, 9.17) is 14.7 Å². The van der Waals surface area contributed by atoms with Crippen LogP contribution in [0.3, 0.4) is 0 Å². The van der Waals surface area contributed by atoms with E-state index in [2.05, 4.69) is 21.7 Å². The molecule has 3 aromatic rings. The molecule has 28 heavy (non-hydrogen) atoms. The van der Waals surface area contributed by atoms with Gasteiger partial charge in [0.15, 0.2) is 0 Å². The molecule has 1 heterocycles. The van der Waals surface area contributed by atoms with E-state index >= 15 is 0 Å². The Labute approximate surface area is 162 Å². The maximum atomic E-state index is 12.6. The van der Waals surface area contributed by atoms with Crippen molar-refractivity contribution in [1.29, 1.82) is 5.26 Å². The highest BCUT2D eigenvalue weighted by Gasteiger charge is 2.12. The van der Waals surface area contributed by atoms with E-state index in [0.29, 0.717) is 34.1 Å². The van der Waals surface area contributed by atoms with Crippen LogP contribution in [0.2, 0.25) is 0 Å². The van der Waals surface area contributed by atoms with Gasteiger partial charge in [-0.2, -0.15) is 5.26 Å². The van der Waals surface area contributed by atoms with Crippen molar-refractivity contribution >= 4 is 23.1 Å². The number of methoxy groups -OCH3 is 2. The van der Waals surface area contributed by atoms with Crippen LogP contribution in [0.15, 0.2) is 60.8 Å². The number of rotatable bonds is 6. The Morgan fingerprint density at radius 2 is 1.82 bits per heavy atom. The number of hydrogen-bond acceptors (Lipinski definition) is 6. The molecule has 0 aliphatic rings. The number of anilines is 3. The number of ether oxygens (including phenoxy) is 2. The van der Waals surface area contributed by atoms with E-state index < -0.39 is 0 Å². The highest BCUT2D eigenvalue weighted by molar-refractivity contribution is 6.05. The molecule has 2 N–H and O–H groups in total. The van der Waals surface area contributed by atoms with Crippen LogP contribution in [-0.2, 0) is 0 Å². The summed E-state index contributed by atoms with van der Waals surface area (Å²) in [7, 11) is 3.09. The monoisotopic (exact) mass is 374 g/mol. The number of benzene rings is 2. The number of aromatic nitrogens is 1. The Hall–Kier alpha value is -4.05. The van der Waals surface area contributed by atoms with Gasteiger partial charge in [-0.25, -0.2) is 4.98 Å². The Bertz CT molecular complexity index is 1030. The summed E-state index contributed by atoms with van der Waals surface area (Å²) in [6, 6.07) is 17.4. The fraction of sp³-hybridized carbons (Fsp3) is 0.0952. The number of nitrogens with one attached hydrogen (secondary N) is 2. The number of amides is 1. The Morgan fingerprint density at radius 1 is 1.04 bits per heavy atom. The van der Waals surface area contributed by atoms with Crippen molar-refractivity contribution in [2.45, 2.75) is 0 Å². The van der Waals surface area contributed by atoms with Crippen LogP contribution < -0.4 is 20.1 Å². The number of carbonyl (C=O) groups excluding carboxylic acids is 1. The summed E-state index contributed by atoms with van der Waals surface area (Å²) in [4.78, 5) is 16.9. The lowest BCUT2D eigenvalue weighted by Gasteiger charge is -2.12. The van der Waals surface area contributed by atoms with E-state index in [1.165, 1.54) is 7.11 Å². The topological polar surface area (TPSA) is 96.3 Å². The van der Waals surface area contributed by atoms with Crippen molar-refractivity contribution in [2.75, 3.05) is 24.9 Å². The summed E-state index contributed by atoms with van der Waals surface area (Å²) in [5, 5.41) is 14.8. The minimum atomic E-state index is -0.297. The van der Waals surface area contributed by atoms with Gasteiger partial charge in [-0.05, 0) is 48.5 Å². The molecular weight excluding hydrogens is 356 g/mol. The van der Waals surface area contributed by atoms with Gasteiger partial charge in [0.25, 0.3) is 5.91 Å². The molecule has 0 aliphatic heterocycles. The van der Waals surface area contributed by atoms with Gasteiger partial charge in [-0.3, -0.25) is 4.79 Å². The van der Waals surface area contributed by atoms with Crippen molar-refractivity contribution in [2.24, 2.45) is 0 Å². The maximum Gasteiger partial charge on any atom is 0.255 e. The first-order valence-corrected chi connectivity index (χ1v) is 8.39. The SMILES string of the molecule is COc1ccc(NC(=O)c2ccnc(Nc3ccc(C#N)cc3)c2)c(OC)c1. The van der Waals surface area contributed by atoms with Crippen molar-refractivity contribution in [3.63, 3.8) is 0 Å². The van der Waals surface area contributed by atoms with Crippen LogP contribution in [0.25, 0.3) is 0 Å². The predicted octanol–water partition coefficient (Wildman–Crippen LogP) is 3.97. The first kappa shape index (κ1) is 18.7. The van der Waals surface area contributed by atoms with Gasteiger partial charge in [0.2, 0.25) is 0 Å². The smallest absolute Gasteiger partial charge is 0.255 e. The molecule has 1 aromatic heterocycles. The molecule has 3 rings (SSSR count). The molecule has 0 unspecified atom stereocenters. The van der Waals surface area contributed by atoms with Gasteiger partial charge in [-0.15, -0.1) is 0 Å². The third kappa shape index (κ3) is 4.37. The van der Waals surface area contributed by atoms with E-state index in [9.17, 15) is 4.79 Å². The van der Waals surface area contributed by atoms with Gasteiger partial charge < -0.3 is 20.1 Å². The fourth-order valence-corrected chi connectivity index (χ4v) is 2.51. The van der Waals surface area contributed by atoms with Crippen LogP contribution in [0, 0.1) is 11.3 Å². The quantitative estimate of drug-likeness (QED) is 0.678. The molecule has 0 bridgehead atoms. The Balaban J connectivity index is 1.76. The molecule has 0 radical (unpaired) electrons. The zero-order chi connectivity index (χ0) is 19.9. The molecule has 0 spiro atoms. The lowest BCUT2D eigenvalue weighted by atomic mass is 10.2. The van der Waals surface area contributed by atoms with E-state index in [-0.39, 0.29) is 5.91 Å². The molecule has 0 fully saturated rings. The largest absolute Gasteiger partial charge is 0.497 e. The van der Waals surface area contributed by atoms with Crippen LogP contribution >= 0.6 is 0 Å². The average Bonchev–Trinajstić information content (AvgIpc) is 2.74. The average molecular weight is 374 g/mol. The van der Waals surface area contributed by atoms with Crippen molar-refractivity contribution in [1.82, 2.24) is 4.98 Å². The summed E-state index contributed by atoms with van der Waals surface area (Å²) in [5.41, 5.74) is 2.30. The second-order valence-electron chi connectivity index (χ2n) is 5.76. The van der Waals surface area contributed by atoms with E-state index in [1.54, 1.807) is 67.9 Å². The van der Waals surface area contributed by atoms with Crippen LogP contribution in [0.4, 0.5) is 17.2 Å². The Morgan fingerprint density at radius 3 is 2.50 bits per heavy atom. The molecule has 2 aromatic carbocycles. The molecule has 0 atom stereocenters. The lowest BCUT2D eigenvalue weighted by Crippen LogP contribution is -2.13. The molecular formula is C21H18N4O3. The molecule has 7 heteroatoms. The molecule has 0 aliphatic carbocycles. The normalized spacial score (nSPS) is 9.89. The summed E-state index contributed by atoms with van der Waals surface area (Å²) in [6.07, 6.45) is 1.55. The zero-order valence-electron chi connectivity index (χ0n) is 15.4. The number of hydrogen-bond donors (Lipinski definition) is 2. The maximum absolute atomic E-state index is 12.6. The Kier molecular flexibility index (Phi) is 5.72. The predicted molar refractivity (Wildman–Crippen MR) is 106 cm³/mol. The number of nitriles is 1. The van der Waals surface area contributed by atoms with E-state index in [1.807, 2.05) is 0 Å². The minimum absolute atomic E-state index is 0.297. The summed E-state index contributed by atoms with van der Waals surface area (Å²) < 4.78 is 10.5. The molecule has 7 nitrogen and oxygen atoms in total. The first-order chi connectivity index (χ1) is 13.6. The van der Waals surface area contributed by atoms with Crippen molar-refractivity contribution < 1.29 is 14.3 Å². The fourth-order valence-electron chi connectivity index (χ4n) is 2.51. The van der Waals surface area contributed by atoms with Crippen LogP contribution in [0.1, 0.15) is 15.9 Å². The standard InChI is InChI=1S/C21H18N4O3/c1-27-17-7-8-18(19(12-17)28-2)25-21(26)15-9-10-23-20(11-15)24-16-5-3-14(13-22)4-6-16/h3-12H,1-2H3,(H,23,24)(H,25,26). The van der Waals surface area contributed by atoms with Gasteiger partial charge in [-0.1, -0.05) is 0 Å². The van der Waals surface area contributed by atoms with Crippen LogP contribution in [-0.4, -0.2) is 25.1 Å². The van der Waals surface area contributed by atoms with Gasteiger partial charge >= 0.3 is 0 Å². The highest BCUT2D eigenvalue weighted by Crippen LogP contribution is 2.29. The van der Waals surface area contributed by atoms with Gasteiger partial charge in [0.1, 0.15) is 17.3 Å². The summed E-state index contributed by atoms with van der Waals surface area (Å²) in [6.45, 7) is 0.